The molecule has 30 heavy (non-hydrogen) atoms. The average molecular weight is 419 g/mol. The summed E-state index contributed by atoms with van der Waals surface area (Å²) < 4.78 is 16.4. The highest BCUT2D eigenvalue weighted by Gasteiger charge is 2.24. The minimum Gasteiger partial charge on any atom is -0.487 e. The average Bonchev–Trinajstić information content (AvgIpc) is 2.72. The largest absolute Gasteiger partial charge is 0.487 e. The van der Waals surface area contributed by atoms with E-state index in [2.05, 4.69) is 13.0 Å². The van der Waals surface area contributed by atoms with E-state index in [0.717, 1.165) is 43.1 Å². The van der Waals surface area contributed by atoms with Crippen molar-refractivity contribution < 1.29 is 23.8 Å². The molecule has 0 spiro atoms. The zero-order chi connectivity index (χ0) is 22.5. The van der Waals surface area contributed by atoms with Gasteiger partial charge in [0, 0.05) is 26.6 Å². The maximum Gasteiger partial charge on any atom is 0.184 e. The van der Waals surface area contributed by atoms with Crippen LogP contribution in [0.1, 0.15) is 53.4 Å². The summed E-state index contributed by atoms with van der Waals surface area (Å²) in [5, 5.41) is 0. The summed E-state index contributed by atoms with van der Waals surface area (Å²) in [5.41, 5.74) is 2.13. The van der Waals surface area contributed by atoms with Crippen LogP contribution in [-0.2, 0) is 23.8 Å². The van der Waals surface area contributed by atoms with Crippen molar-refractivity contribution in [1.29, 1.82) is 0 Å². The van der Waals surface area contributed by atoms with Gasteiger partial charge in [0.2, 0.25) is 0 Å². The zero-order valence-corrected chi connectivity index (χ0v) is 19.4. The lowest BCUT2D eigenvalue weighted by Crippen LogP contribution is -2.26. The van der Waals surface area contributed by atoms with Crippen LogP contribution in [0.25, 0.3) is 0 Å². The van der Waals surface area contributed by atoms with Gasteiger partial charge in [-0.2, -0.15) is 0 Å². The molecule has 0 aromatic heterocycles. The summed E-state index contributed by atoms with van der Waals surface area (Å²) >= 11 is 0. The SMILES string of the molecule is COCC(=O)[C@H](C)C[C@H](C)/C=C/C=C/C=C(\C)[C@H](C[C@@H]1CCC(C)=C(C=O)O1)OC. The number of aldehydes is 1. The van der Waals surface area contributed by atoms with Gasteiger partial charge >= 0.3 is 0 Å². The monoisotopic (exact) mass is 418 g/mol. The summed E-state index contributed by atoms with van der Waals surface area (Å²) in [6, 6.07) is 0. The second-order valence-corrected chi connectivity index (χ2v) is 8.19. The number of hydrogen-bond acceptors (Lipinski definition) is 5. The van der Waals surface area contributed by atoms with Gasteiger partial charge in [-0.25, -0.2) is 0 Å². The molecule has 0 unspecified atom stereocenters. The minimum atomic E-state index is -0.0542. The number of methoxy groups -OCH3 is 2. The van der Waals surface area contributed by atoms with Crippen LogP contribution in [0.3, 0.4) is 0 Å². The Morgan fingerprint density at radius 3 is 2.60 bits per heavy atom. The van der Waals surface area contributed by atoms with E-state index < -0.39 is 0 Å². The Morgan fingerprint density at radius 2 is 1.97 bits per heavy atom. The first-order valence-electron chi connectivity index (χ1n) is 10.7. The summed E-state index contributed by atoms with van der Waals surface area (Å²) in [5.74, 6) is 0.929. The summed E-state index contributed by atoms with van der Waals surface area (Å²) in [4.78, 5) is 22.9. The van der Waals surface area contributed by atoms with Crippen LogP contribution < -0.4 is 0 Å². The van der Waals surface area contributed by atoms with Crippen molar-refractivity contribution in [2.45, 2.75) is 65.6 Å². The molecule has 0 saturated heterocycles. The van der Waals surface area contributed by atoms with Crippen molar-refractivity contribution in [1.82, 2.24) is 0 Å². The van der Waals surface area contributed by atoms with E-state index in [9.17, 15) is 9.59 Å². The lowest BCUT2D eigenvalue weighted by atomic mass is 9.94. The van der Waals surface area contributed by atoms with Crippen LogP contribution in [0.15, 0.2) is 47.3 Å². The van der Waals surface area contributed by atoms with E-state index in [1.165, 1.54) is 0 Å². The smallest absolute Gasteiger partial charge is 0.184 e. The van der Waals surface area contributed by atoms with Crippen molar-refractivity contribution >= 4 is 12.1 Å². The fourth-order valence-corrected chi connectivity index (χ4v) is 3.53. The molecule has 0 aliphatic carbocycles. The summed E-state index contributed by atoms with van der Waals surface area (Å²) in [6.45, 7) is 8.22. The highest BCUT2D eigenvalue weighted by molar-refractivity contribution is 5.81. The molecule has 0 radical (unpaired) electrons. The minimum absolute atomic E-state index is 0.00134. The predicted octanol–water partition coefficient (Wildman–Crippen LogP) is 4.98. The van der Waals surface area contributed by atoms with E-state index in [0.29, 0.717) is 11.7 Å². The molecule has 0 aromatic carbocycles. The first kappa shape index (κ1) is 26.1. The third-order valence-electron chi connectivity index (χ3n) is 5.51. The molecule has 0 amide bonds. The number of carbonyl (C=O) groups excluding carboxylic acids is 2. The van der Waals surface area contributed by atoms with Gasteiger partial charge in [0.15, 0.2) is 17.8 Å². The van der Waals surface area contributed by atoms with Gasteiger partial charge in [-0.3, -0.25) is 9.59 Å². The third kappa shape index (κ3) is 9.23. The predicted molar refractivity (Wildman–Crippen MR) is 120 cm³/mol. The Kier molecular flexibility index (Phi) is 12.2. The van der Waals surface area contributed by atoms with E-state index in [1.807, 2.05) is 45.1 Å². The molecule has 168 valence electrons. The van der Waals surface area contributed by atoms with Crippen molar-refractivity contribution in [2.75, 3.05) is 20.8 Å². The van der Waals surface area contributed by atoms with E-state index in [4.69, 9.17) is 14.2 Å². The summed E-state index contributed by atoms with van der Waals surface area (Å²) in [7, 11) is 3.24. The van der Waals surface area contributed by atoms with Crippen molar-refractivity contribution in [3.8, 4) is 0 Å². The quantitative estimate of drug-likeness (QED) is 0.312. The fraction of sp³-hybridized carbons (Fsp3) is 0.600. The number of rotatable bonds is 13. The zero-order valence-electron chi connectivity index (χ0n) is 19.4. The van der Waals surface area contributed by atoms with Crippen molar-refractivity contribution in [3.63, 3.8) is 0 Å². The maximum atomic E-state index is 11.8. The standard InChI is InChI=1S/C25H38O5/c1-18(14-21(4)23(27)17-28-5)10-8-7-9-11-19(2)24(29-6)15-22-13-12-20(3)25(16-26)30-22/h7-11,16,18,21-22,24H,12-15,17H2,1-6H3/b9-7+,10-8+,19-11+/t18-,21-,22+,24+/m1/s1. The first-order valence-corrected chi connectivity index (χ1v) is 10.7. The molecule has 0 aromatic rings. The molecule has 0 fully saturated rings. The Bertz CT molecular complexity index is 671. The summed E-state index contributed by atoms with van der Waals surface area (Å²) in [6.07, 6.45) is 14.2. The molecule has 4 atom stereocenters. The number of Topliss-reactive ketones (excluding diaryl/α,β-unsaturated/α-hetero) is 1. The van der Waals surface area contributed by atoms with Gasteiger partial charge in [0.1, 0.15) is 12.7 Å². The van der Waals surface area contributed by atoms with Gasteiger partial charge in [-0.05, 0) is 50.2 Å². The van der Waals surface area contributed by atoms with E-state index in [1.54, 1.807) is 14.2 Å². The second kappa shape index (κ2) is 14.1. The van der Waals surface area contributed by atoms with Crippen LogP contribution in [0.2, 0.25) is 0 Å². The molecule has 1 heterocycles. The van der Waals surface area contributed by atoms with Crippen LogP contribution in [-0.4, -0.2) is 45.1 Å². The molecular formula is C25H38O5. The number of hydrogen-bond donors (Lipinski definition) is 0. The molecule has 0 bridgehead atoms. The topological polar surface area (TPSA) is 61.8 Å². The van der Waals surface area contributed by atoms with Gasteiger partial charge in [0.25, 0.3) is 0 Å². The first-order chi connectivity index (χ1) is 14.3. The number of ether oxygens (including phenoxy) is 3. The number of carbonyl (C=O) groups is 2. The molecular weight excluding hydrogens is 380 g/mol. The number of allylic oxidation sites excluding steroid dienone is 7. The van der Waals surface area contributed by atoms with Crippen LogP contribution in [0.4, 0.5) is 0 Å². The van der Waals surface area contributed by atoms with Gasteiger partial charge < -0.3 is 14.2 Å². The lowest BCUT2D eigenvalue weighted by Gasteiger charge is -2.28. The molecule has 1 aliphatic heterocycles. The Hall–Kier alpha value is -1.98. The lowest BCUT2D eigenvalue weighted by molar-refractivity contribution is -0.126. The van der Waals surface area contributed by atoms with Crippen molar-refractivity contribution in [2.24, 2.45) is 11.8 Å². The van der Waals surface area contributed by atoms with E-state index in [-0.39, 0.29) is 30.5 Å². The van der Waals surface area contributed by atoms with Crippen molar-refractivity contribution in [3.05, 3.63) is 47.3 Å². The molecule has 1 aliphatic rings. The Balaban J connectivity index is 2.53. The molecule has 5 nitrogen and oxygen atoms in total. The van der Waals surface area contributed by atoms with Gasteiger partial charge in [-0.1, -0.05) is 44.2 Å². The Morgan fingerprint density at radius 1 is 1.23 bits per heavy atom. The van der Waals surface area contributed by atoms with Crippen LogP contribution in [0.5, 0.6) is 0 Å². The highest BCUT2D eigenvalue weighted by atomic mass is 16.5. The molecule has 5 heteroatoms. The second-order valence-electron chi connectivity index (χ2n) is 8.19. The van der Waals surface area contributed by atoms with Gasteiger partial charge in [0.05, 0.1) is 6.10 Å². The fourth-order valence-electron chi connectivity index (χ4n) is 3.53. The highest BCUT2D eigenvalue weighted by Crippen LogP contribution is 2.27. The Labute approximate surface area is 181 Å². The van der Waals surface area contributed by atoms with E-state index >= 15 is 0 Å². The molecule has 0 N–H and O–H groups in total. The van der Waals surface area contributed by atoms with Gasteiger partial charge in [-0.15, -0.1) is 0 Å². The van der Waals surface area contributed by atoms with Crippen LogP contribution in [0, 0.1) is 11.8 Å². The maximum absolute atomic E-state index is 11.8. The third-order valence-corrected chi connectivity index (χ3v) is 5.51. The normalized spacial score (nSPS) is 21.0. The molecule has 1 rings (SSSR count). The number of ketones is 1. The van der Waals surface area contributed by atoms with Crippen LogP contribution >= 0.6 is 0 Å². The molecule has 0 saturated carbocycles.